The van der Waals surface area contributed by atoms with Gasteiger partial charge in [-0.05, 0) is 143 Å². The fraction of sp³-hybridized carbons (Fsp3) is 0. The van der Waals surface area contributed by atoms with Crippen LogP contribution in [0.25, 0.3) is 60.9 Å². The number of nitrogens with zero attached hydrogens (tertiary/aromatic N) is 3. The predicted molar refractivity (Wildman–Crippen MR) is 275 cm³/mol. The molecule has 0 amide bonds. The molecule has 1 aromatic heterocycles. The molecule has 0 bridgehead atoms. The zero-order valence-corrected chi connectivity index (χ0v) is 36.8. The predicted octanol–water partition coefficient (Wildman–Crippen LogP) is 17.7. The highest BCUT2D eigenvalue weighted by Gasteiger charge is 2.26. The molecular formula is C60H39N3S2. The maximum absolute atomic E-state index is 2.42. The second-order valence-electron chi connectivity index (χ2n) is 16.6. The molecule has 11 aromatic rings. The van der Waals surface area contributed by atoms with E-state index in [1.807, 2.05) is 23.5 Å². The van der Waals surface area contributed by atoms with E-state index in [0.717, 1.165) is 17.1 Å². The Bertz CT molecular complexity index is 3310. The molecule has 0 spiro atoms. The molecule has 0 atom stereocenters. The van der Waals surface area contributed by atoms with Gasteiger partial charge < -0.3 is 14.4 Å². The van der Waals surface area contributed by atoms with Gasteiger partial charge in [-0.3, -0.25) is 0 Å². The molecule has 0 saturated heterocycles. The monoisotopic (exact) mass is 865 g/mol. The van der Waals surface area contributed by atoms with Gasteiger partial charge in [-0.2, -0.15) is 0 Å². The average molecular weight is 866 g/mol. The molecule has 0 N–H and O–H groups in total. The summed E-state index contributed by atoms with van der Waals surface area (Å²) in [5, 5.41) is 2.45. The number of fused-ring (bicyclic) bond motifs is 7. The molecule has 3 nitrogen and oxygen atoms in total. The fourth-order valence-corrected chi connectivity index (χ4v) is 11.8. The lowest BCUT2D eigenvalue weighted by atomic mass is 9.99. The highest BCUT2D eigenvalue weighted by molar-refractivity contribution is 8.00. The smallest absolute Gasteiger partial charge is 0.0601 e. The molecular weight excluding hydrogens is 827 g/mol. The van der Waals surface area contributed by atoms with Crippen molar-refractivity contribution < 1.29 is 0 Å². The van der Waals surface area contributed by atoms with Gasteiger partial charge >= 0.3 is 0 Å². The fourth-order valence-electron chi connectivity index (χ4n) is 9.67. The summed E-state index contributed by atoms with van der Waals surface area (Å²) in [4.78, 5) is 9.84. The molecule has 0 radical (unpaired) electrons. The minimum atomic E-state index is 1.14. The Morgan fingerprint density at radius 2 is 0.554 bits per heavy atom. The third kappa shape index (κ3) is 6.46. The van der Waals surface area contributed by atoms with Crippen LogP contribution in [-0.4, -0.2) is 4.57 Å². The van der Waals surface area contributed by atoms with E-state index in [1.54, 1.807) is 0 Å². The van der Waals surface area contributed by atoms with E-state index < -0.39 is 0 Å². The van der Waals surface area contributed by atoms with Gasteiger partial charge in [-0.1, -0.05) is 151 Å². The van der Waals surface area contributed by atoms with Crippen molar-refractivity contribution in [2.24, 2.45) is 0 Å². The van der Waals surface area contributed by atoms with E-state index in [2.05, 4.69) is 251 Å². The van der Waals surface area contributed by atoms with Crippen LogP contribution >= 0.6 is 23.5 Å². The Morgan fingerprint density at radius 1 is 0.246 bits per heavy atom. The first-order valence-electron chi connectivity index (χ1n) is 22.0. The van der Waals surface area contributed by atoms with Crippen LogP contribution in [0.2, 0.25) is 0 Å². The summed E-state index contributed by atoms with van der Waals surface area (Å²) in [6, 6.07) is 86.5. The van der Waals surface area contributed by atoms with Crippen LogP contribution in [0.3, 0.4) is 0 Å². The van der Waals surface area contributed by atoms with Gasteiger partial charge in [0.25, 0.3) is 0 Å². The van der Waals surface area contributed by atoms with Crippen molar-refractivity contribution in [2.75, 3.05) is 9.80 Å². The Balaban J connectivity index is 0.908. The first kappa shape index (κ1) is 37.8. The van der Waals surface area contributed by atoms with E-state index >= 15 is 0 Å². The topological polar surface area (TPSA) is 11.4 Å². The number of aromatic nitrogens is 1. The molecule has 13 rings (SSSR count). The first-order valence-corrected chi connectivity index (χ1v) is 23.6. The summed E-state index contributed by atoms with van der Waals surface area (Å²) in [5.41, 5.74) is 17.8. The summed E-state index contributed by atoms with van der Waals surface area (Å²) in [7, 11) is 0. The summed E-state index contributed by atoms with van der Waals surface area (Å²) >= 11 is 3.68. The van der Waals surface area contributed by atoms with Crippen molar-refractivity contribution in [1.29, 1.82) is 0 Å². The maximum atomic E-state index is 2.42. The zero-order valence-electron chi connectivity index (χ0n) is 35.2. The molecule has 0 aliphatic carbocycles. The van der Waals surface area contributed by atoms with E-state index in [4.69, 9.17) is 0 Å². The number of anilines is 6. The molecule has 2 aliphatic heterocycles. The highest BCUT2D eigenvalue weighted by Crippen LogP contribution is 2.53. The third-order valence-electron chi connectivity index (χ3n) is 12.8. The summed E-state index contributed by atoms with van der Waals surface area (Å²) in [6.45, 7) is 0. The van der Waals surface area contributed by atoms with Gasteiger partial charge in [-0.15, -0.1) is 0 Å². The minimum absolute atomic E-state index is 1.14. The second-order valence-corrected chi connectivity index (χ2v) is 18.7. The number of benzene rings is 10. The van der Waals surface area contributed by atoms with Gasteiger partial charge in [0.05, 0.1) is 33.8 Å². The maximum Gasteiger partial charge on any atom is 0.0601 e. The molecule has 3 heterocycles. The van der Waals surface area contributed by atoms with Gasteiger partial charge in [0, 0.05) is 47.4 Å². The van der Waals surface area contributed by atoms with Crippen LogP contribution in [-0.2, 0) is 0 Å². The van der Waals surface area contributed by atoms with Crippen molar-refractivity contribution in [3.63, 3.8) is 0 Å². The van der Waals surface area contributed by atoms with Crippen LogP contribution in [0.1, 0.15) is 0 Å². The molecule has 2 aliphatic rings. The van der Waals surface area contributed by atoms with E-state index in [1.165, 1.54) is 97.5 Å². The quantitative estimate of drug-likeness (QED) is 0.165. The molecule has 0 fully saturated rings. The van der Waals surface area contributed by atoms with Gasteiger partial charge in [-0.25, -0.2) is 0 Å². The standard InChI is InChI=1S/C60H39N3S2/c1-2-12-40(13-3-1)41-22-30-46(31-23-41)61-51-36-28-44(42-24-32-47(33-25-42)62-53-14-4-8-18-57(53)64-58-19-9-5-15-54(58)62)38-49(51)50-39-45(29-37-52(50)61)43-26-34-48(35-27-43)63-55-16-6-10-20-59(55)65-60-21-11-7-17-56(60)63/h1-39H. The van der Waals surface area contributed by atoms with Crippen molar-refractivity contribution in [2.45, 2.75) is 19.6 Å². The Hall–Kier alpha value is -7.70. The van der Waals surface area contributed by atoms with Crippen LogP contribution in [0, 0.1) is 0 Å². The van der Waals surface area contributed by atoms with Gasteiger partial charge in [0.1, 0.15) is 0 Å². The van der Waals surface area contributed by atoms with Crippen LogP contribution < -0.4 is 9.80 Å². The highest BCUT2D eigenvalue weighted by atomic mass is 32.2. The van der Waals surface area contributed by atoms with Crippen LogP contribution in [0.4, 0.5) is 34.1 Å². The van der Waals surface area contributed by atoms with Gasteiger partial charge in [0.2, 0.25) is 0 Å². The van der Waals surface area contributed by atoms with Gasteiger partial charge in [0.15, 0.2) is 0 Å². The van der Waals surface area contributed by atoms with Crippen molar-refractivity contribution in [3.8, 4) is 39.1 Å². The molecule has 306 valence electrons. The zero-order chi connectivity index (χ0) is 42.8. The molecule has 10 aromatic carbocycles. The lowest BCUT2D eigenvalue weighted by Gasteiger charge is -2.32. The third-order valence-corrected chi connectivity index (χ3v) is 15.0. The SMILES string of the molecule is c1ccc(-c2ccc(-n3c4ccc(-c5ccc(N6c7ccccc7Sc7ccccc76)cc5)cc4c4cc(-c5ccc(N6c7ccccc7Sc7ccccc76)cc5)ccc43)cc2)cc1. The number of para-hydroxylation sites is 4. The van der Waals surface area contributed by atoms with Crippen molar-refractivity contribution in [1.82, 2.24) is 4.57 Å². The van der Waals surface area contributed by atoms with Crippen molar-refractivity contribution >= 4 is 79.5 Å². The van der Waals surface area contributed by atoms with Crippen LogP contribution in [0.15, 0.2) is 256 Å². The summed E-state index contributed by atoms with van der Waals surface area (Å²) < 4.78 is 2.42. The largest absolute Gasteiger partial charge is 0.309 e. The Kier molecular flexibility index (Phi) is 9.03. The van der Waals surface area contributed by atoms with Crippen LogP contribution in [0.5, 0.6) is 0 Å². The van der Waals surface area contributed by atoms with E-state index in [0.29, 0.717) is 0 Å². The lowest BCUT2D eigenvalue weighted by Crippen LogP contribution is -2.14. The normalized spacial score (nSPS) is 12.7. The second kappa shape index (κ2) is 15.5. The first-order chi connectivity index (χ1) is 32.2. The summed E-state index contributed by atoms with van der Waals surface area (Å²) in [6.07, 6.45) is 0. The molecule has 0 unspecified atom stereocenters. The van der Waals surface area contributed by atoms with E-state index in [-0.39, 0.29) is 0 Å². The number of rotatable bonds is 6. The number of hydrogen-bond donors (Lipinski definition) is 0. The average Bonchev–Trinajstić information content (AvgIpc) is 3.70. The Labute approximate surface area is 386 Å². The molecule has 0 saturated carbocycles. The van der Waals surface area contributed by atoms with E-state index in [9.17, 15) is 0 Å². The minimum Gasteiger partial charge on any atom is -0.309 e. The summed E-state index contributed by atoms with van der Waals surface area (Å²) in [5.74, 6) is 0. The molecule has 5 heteroatoms. The number of hydrogen-bond acceptors (Lipinski definition) is 4. The van der Waals surface area contributed by atoms with Crippen molar-refractivity contribution in [3.05, 3.63) is 237 Å². The Morgan fingerprint density at radius 3 is 0.954 bits per heavy atom. The molecule has 65 heavy (non-hydrogen) atoms. The lowest BCUT2D eigenvalue weighted by molar-refractivity contribution is 1.17.